The predicted octanol–water partition coefficient (Wildman–Crippen LogP) is 6.16. The Hall–Kier alpha value is -3.43. The summed E-state index contributed by atoms with van der Waals surface area (Å²) in [5, 5.41) is 10.6. The van der Waals surface area contributed by atoms with Crippen LogP contribution in [0, 0.1) is 5.82 Å². The number of aromatic nitrogens is 4. The van der Waals surface area contributed by atoms with E-state index in [0.717, 1.165) is 11.8 Å². The second-order valence-electron chi connectivity index (χ2n) is 8.13. The fourth-order valence-corrected chi connectivity index (χ4v) is 6.14. The van der Waals surface area contributed by atoms with Crippen LogP contribution in [0.2, 0.25) is 0 Å². The molecule has 0 radical (unpaired) electrons. The molecule has 0 unspecified atom stereocenters. The van der Waals surface area contributed by atoms with Gasteiger partial charge in [0.15, 0.2) is 11.0 Å². The molecule has 6 nitrogen and oxygen atoms in total. The fraction of sp³-hybridized carbons (Fsp3) is 0.154. The van der Waals surface area contributed by atoms with Gasteiger partial charge in [-0.1, -0.05) is 62.0 Å². The van der Waals surface area contributed by atoms with Crippen LogP contribution in [0.5, 0.6) is 0 Å². The zero-order chi connectivity index (χ0) is 24.6. The molecule has 178 valence electrons. The second kappa shape index (κ2) is 9.31. The number of halogens is 1. The van der Waals surface area contributed by atoms with Crippen molar-refractivity contribution in [3.63, 3.8) is 0 Å². The number of fused-ring (bicyclic) bond motifs is 1. The van der Waals surface area contributed by atoms with Gasteiger partial charge in [-0.15, -0.1) is 10.2 Å². The molecule has 0 amide bonds. The summed E-state index contributed by atoms with van der Waals surface area (Å²) in [6, 6.07) is 21.7. The molecule has 5 rings (SSSR count). The van der Waals surface area contributed by atoms with Crippen molar-refractivity contribution in [3.8, 4) is 17.1 Å². The summed E-state index contributed by atoms with van der Waals surface area (Å²) < 4.78 is 44.0. The highest BCUT2D eigenvalue weighted by Gasteiger charge is 2.25. The first-order valence-electron chi connectivity index (χ1n) is 11.2. The molecule has 2 aromatic heterocycles. The van der Waals surface area contributed by atoms with E-state index in [4.69, 9.17) is 0 Å². The van der Waals surface area contributed by atoms with Crippen LogP contribution in [-0.2, 0) is 10.0 Å². The third-order valence-corrected chi connectivity index (χ3v) is 8.72. The van der Waals surface area contributed by atoms with Gasteiger partial charge < -0.3 is 0 Å². The SMILES string of the molecule is CC[C@@H](C)Sc1nnc(-c2cn(S(=O)(=O)c3ccccc3)c3ccccc23)n1-c1ccc(F)cc1. The van der Waals surface area contributed by atoms with E-state index in [1.165, 1.54) is 16.1 Å². The molecule has 0 bridgehead atoms. The van der Waals surface area contributed by atoms with Gasteiger partial charge in [-0.05, 0) is 48.9 Å². The fourth-order valence-electron chi connectivity index (χ4n) is 3.84. The maximum Gasteiger partial charge on any atom is 0.268 e. The lowest BCUT2D eigenvalue weighted by Gasteiger charge is -2.12. The van der Waals surface area contributed by atoms with E-state index in [-0.39, 0.29) is 16.0 Å². The highest BCUT2D eigenvalue weighted by Crippen LogP contribution is 2.36. The molecule has 0 saturated heterocycles. The smallest absolute Gasteiger partial charge is 0.268 e. The van der Waals surface area contributed by atoms with Gasteiger partial charge in [-0.25, -0.2) is 16.8 Å². The molecule has 0 aliphatic rings. The second-order valence-corrected chi connectivity index (χ2v) is 11.3. The first-order chi connectivity index (χ1) is 16.9. The summed E-state index contributed by atoms with van der Waals surface area (Å²) in [5.41, 5.74) is 1.85. The maximum absolute atomic E-state index is 13.7. The van der Waals surface area contributed by atoms with Crippen molar-refractivity contribution in [1.82, 2.24) is 18.7 Å². The quantitative estimate of drug-likeness (QED) is 0.248. The number of benzene rings is 3. The average Bonchev–Trinajstić information content (AvgIpc) is 3.47. The largest absolute Gasteiger partial charge is 0.270 e. The summed E-state index contributed by atoms with van der Waals surface area (Å²) in [6.45, 7) is 4.20. The Labute approximate surface area is 207 Å². The monoisotopic (exact) mass is 506 g/mol. The van der Waals surface area contributed by atoms with Crippen LogP contribution in [0.1, 0.15) is 20.3 Å². The molecule has 0 saturated carbocycles. The van der Waals surface area contributed by atoms with Gasteiger partial charge in [-0.2, -0.15) is 0 Å². The Morgan fingerprint density at radius 3 is 2.34 bits per heavy atom. The van der Waals surface area contributed by atoms with Gasteiger partial charge in [0.1, 0.15) is 5.82 Å². The van der Waals surface area contributed by atoms with Crippen LogP contribution in [0.3, 0.4) is 0 Å². The number of hydrogen-bond acceptors (Lipinski definition) is 5. The van der Waals surface area contributed by atoms with Crippen molar-refractivity contribution in [2.24, 2.45) is 0 Å². The average molecular weight is 507 g/mol. The lowest BCUT2D eigenvalue weighted by molar-refractivity contribution is 0.589. The molecule has 0 spiro atoms. The van der Waals surface area contributed by atoms with Crippen molar-refractivity contribution in [2.75, 3.05) is 0 Å². The Morgan fingerprint density at radius 2 is 1.63 bits per heavy atom. The van der Waals surface area contributed by atoms with E-state index in [1.54, 1.807) is 72.6 Å². The van der Waals surface area contributed by atoms with Crippen molar-refractivity contribution in [3.05, 3.63) is 90.9 Å². The van der Waals surface area contributed by atoms with E-state index >= 15 is 0 Å². The topological polar surface area (TPSA) is 69.8 Å². The van der Waals surface area contributed by atoms with Gasteiger partial charge in [-0.3, -0.25) is 4.57 Å². The third-order valence-electron chi connectivity index (χ3n) is 5.82. The van der Waals surface area contributed by atoms with Crippen LogP contribution >= 0.6 is 11.8 Å². The minimum absolute atomic E-state index is 0.195. The van der Waals surface area contributed by atoms with Crippen molar-refractivity contribution >= 4 is 32.7 Å². The molecule has 1 atom stereocenters. The lowest BCUT2D eigenvalue weighted by atomic mass is 10.1. The van der Waals surface area contributed by atoms with Gasteiger partial charge in [0, 0.05) is 28.1 Å². The lowest BCUT2D eigenvalue weighted by Crippen LogP contribution is -2.11. The van der Waals surface area contributed by atoms with Crippen LogP contribution in [0.25, 0.3) is 28.0 Å². The van der Waals surface area contributed by atoms with Crippen LogP contribution < -0.4 is 0 Å². The molecule has 5 aromatic rings. The highest BCUT2D eigenvalue weighted by molar-refractivity contribution is 7.99. The number of rotatable bonds is 7. The van der Waals surface area contributed by atoms with E-state index < -0.39 is 10.0 Å². The summed E-state index contributed by atoms with van der Waals surface area (Å²) >= 11 is 1.57. The Kier molecular flexibility index (Phi) is 6.21. The molecule has 0 aliphatic heterocycles. The number of nitrogens with zero attached hydrogens (tertiary/aromatic N) is 4. The van der Waals surface area contributed by atoms with E-state index in [2.05, 4.69) is 24.0 Å². The number of hydrogen-bond donors (Lipinski definition) is 0. The summed E-state index contributed by atoms with van der Waals surface area (Å²) in [5.74, 6) is 0.144. The molecular formula is C26H23FN4O2S2. The summed E-state index contributed by atoms with van der Waals surface area (Å²) in [6.07, 6.45) is 2.53. The van der Waals surface area contributed by atoms with E-state index in [1.807, 2.05) is 16.7 Å². The van der Waals surface area contributed by atoms with Gasteiger partial charge in [0.25, 0.3) is 10.0 Å². The standard InChI is InChI=1S/C26H23FN4O2S2/c1-3-18(2)34-26-29-28-25(31(26)20-15-13-19(27)14-16-20)23-17-30(24-12-8-7-11-22(23)24)35(32,33)21-9-5-4-6-10-21/h4-18H,3H2,1-2H3/t18-/m1/s1. The molecule has 0 N–H and O–H groups in total. The van der Waals surface area contributed by atoms with Gasteiger partial charge in [0.2, 0.25) is 0 Å². The first-order valence-corrected chi connectivity index (χ1v) is 13.5. The predicted molar refractivity (Wildman–Crippen MR) is 137 cm³/mol. The number of thioether (sulfide) groups is 1. The Balaban J connectivity index is 1.75. The van der Waals surface area contributed by atoms with Gasteiger partial charge in [0.05, 0.1) is 10.4 Å². The van der Waals surface area contributed by atoms with E-state index in [9.17, 15) is 12.8 Å². The molecule has 0 aliphatic carbocycles. The molecule has 9 heteroatoms. The zero-order valence-corrected chi connectivity index (χ0v) is 20.8. The normalized spacial score (nSPS) is 12.8. The highest BCUT2D eigenvalue weighted by atomic mass is 32.2. The molecule has 0 fully saturated rings. The summed E-state index contributed by atoms with van der Waals surface area (Å²) in [7, 11) is -3.85. The minimum atomic E-state index is -3.85. The Bertz CT molecular complexity index is 1590. The zero-order valence-electron chi connectivity index (χ0n) is 19.2. The first kappa shape index (κ1) is 23.3. The number of para-hydroxylation sites is 1. The van der Waals surface area contributed by atoms with Gasteiger partial charge >= 0.3 is 0 Å². The van der Waals surface area contributed by atoms with Crippen LogP contribution in [-0.4, -0.2) is 32.4 Å². The van der Waals surface area contributed by atoms with E-state index in [0.29, 0.717) is 27.7 Å². The molecular weight excluding hydrogens is 483 g/mol. The van der Waals surface area contributed by atoms with Crippen molar-refractivity contribution in [1.29, 1.82) is 0 Å². The molecule has 3 aromatic carbocycles. The third kappa shape index (κ3) is 4.26. The summed E-state index contributed by atoms with van der Waals surface area (Å²) in [4.78, 5) is 0.195. The van der Waals surface area contributed by atoms with Crippen molar-refractivity contribution < 1.29 is 12.8 Å². The maximum atomic E-state index is 13.7. The molecule has 2 heterocycles. The minimum Gasteiger partial charge on any atom is -0.270 e. The Morgan fingerprint density at radius 1 is 0.943 bits per heavy atom. The van der Waals surface area contributed by atoms with Crippen LogP contribution in [0.15, 0.2) is 95.1 Å². The van der Waals surface area contributed by atoms with Crippen molar-refractivity contribution in [2.45, 2.75) is 35.6 Å². The van der Waals surface area contributed by atoms with Crippen LogP contribution in [0.4, 0.5) is 4.39 Å². The molecule has 35 heavy (non-hydrogen) atoms.